The summed E-state index contributed by atoms with van der Waals surface area (Å²) in [7, 11) is 0. The lowest BCUT2D eigenvalue weighted by Crippen LogP contribution is -2.37. The molecule has 1 unspecified atom stereocenters. The van der Waals surface area contributed by atoms with Crippen LogP contribution in [0.5, 0.6) is 0 Å². The van der Waals surface area contributed by atoms with E-state index in [9.17, 15) is 0 Å². The van der Waals surface area contributed by atoms with E-state index in [-0.39, 0.29) is 0 Å². The van der Waals surface area contributed by atoms with Gasteiger partial charge in [-0.25, -0.2) is 0 Å². The van der Waals surface area contributed by atoms with Gasteiger partial charge in [-0.05, 0) is 45.8 Å². The minimum Gasteiger partial charge on any atom is -0.379 e. The maximum Gasteiger partial charge on any atom is 0.0594 e. The predicted octanol–water partition coefficient (Wildman–Crippen LogP) is 1.50. The molecule has 0 radical (unpaired) electrons. The van der Waals surface area contributed by atoms with E-state index in [1.807, 2.05) is 0 Å². The molecule has 0 bridgehead atoms. The second-order valence-electron chi connectivity index (χ2n) is 5.00. The Morgan fingerprint density at radius 3 is 2.67 bits per heavy atom. The summed E-state index contributed by atoms with van der Waals surface area (Å²) in [5.74, 6) is 0. The van der Waals surface area contributed by atoms with Crippen LogP contribution in [0.1, 0.15) is 33.1 Å². The highest BCUT2D eigenvalue weighted by Crippen LogP contribution is 1.98. The second-order valence-corrected chi connectivity index (χ2v) is 5.00. The molecular weight excluding hydrogens is 228 g/mol. The highest BCUT2D eigenvalue weighted by atomic mass is 16.5. The largest absolute Gasteiger partial charge is 0.379 e. The summed E-state index contributed by atoms with van der Waals surface area (Å²) in [5, 5.41) is 3.48. The van der Waals surface area contributed by atoms with Gasteiger partial charge in [0.15, 0.2) is 0 Å². The summed E-state index contributed by atoms with van der Waals surface area (Å²) in [4.78, 5) is 2.48. The van der Waals surface area contributed by atoms with Crippen molar-refractivity contribution < 1.29 is 9.47 Å². The lowest BCUT2D eigenvalue weighted by molar-refractivity contribution is 0.0373. The van der Waals surface area contributed by atoms with Crippen molar-refractivity contribution in [3.05, 3.63) is 0 Å². The van der Waals surface area contributed by atoms with Crippen LogP contribution in [0.2, 0.25) is 0 Å². The van der Waals surface area contributed by atoms with Crippen molar-refractivity contribution in [1.82, 2.24) is 10.2 Å². The first-order chi connectivity index (χ1) is 8.83. The number of hydrogen-bond donors (Lipinski definition) is 1. The maximum absolute atomic E-state index is 5.63. The molecule has 0 aromatic rings. The zero-order valence-electron chi connectivity index (χ0n) is 12.1. The van der Waals surface area contributed by atoms with Gasteiger partial charge in [0, 0.05) is 19.7 Å². The Morgan fingerprint density at radius 1 is 1.22 bits per heavy atom. The molecule has 0 aromatic carbocycles. The van der Waals surface area contributed by atoms with Crippen molar-refractivity contribution in [2.45, 2.75) is 39.2 Å². The number of nitrogens with zero attached hydrogens (tertiary/aromatic N) is 1. The molecule has 1 aliphatic heterocycles. The molecule has 1 heterocycles. The second kappa shape index (κ2) is 10.7. The van der Waals surface area contributed by atoms with E-state index in [1.165, 1.54) is 13.0 Å². The van der Waals surface area contributed by atoms with Crippen molar-refractivity contribution in [3.8, 4) is 0 Å². The fraction of sp³-hybridized carbons (Fsp3) is 1.00. The van der Waals surface area contributed by atoms with Gasteiger partial charge in [-0.3, -0.25) is 4.90 Å². The number of morpholine rings is 1. The van der Waals surface area contributed by atoms with E-state index in [0.29, 0.717) is 6.10 Å². The average molecular weight is 258 g/mol. The highest BCUT2D eigenvalue weighted by Gasteiger charge is 2.08. The van der Waals surface area contributed by atoms with Crippen LogP contribution in [0.25, 0.3) is 0 Å². The Morgan fingerprint density at radius 2 is 1.94 bits per heavy atom. The van der Waals surface area contributed by atoms with E-state index < -0.39 is 0 Å². The molecule has 1 aliphatic rings. The van der Waals surface area contributed by atoms with Gasteiger partial charge in [-0.1, -0.05) is 6.92 Å². The lowest BCUT2D eigenvalue weighted by Gasteiger charge is -2.26. The van der Waals surface area contributed by atoms with Gasteiger partial charge in [-0.15, -0.1) is 0 Å². The van der Waals surface area contributed by atoms with Crippen molar-refractivity contribution in [2.24, 2.45) is 0 Å². The molecule has 1 fully saturated rings. The third-order valence-electron chi connectivity index (χ3n) is 3.41. The van der Waals surface area contributed by atoms with Crippen LogP contribution in [-0.2, 0) is 9.47 Å². The minimum absolute atomic E-state index is 0.409. The highest BCUT2D eigenvalue weighted by molar-refractivity contribution is 4.62. The molecule has 18 heavy (non-hydrogen) atoms. The Kier molecular flexibility index (Phi) is 9.48. The normalized spacial score (nSPS) is 19.0. The molecule has 0 aromatic heterocycles. The average Bonchev–Trinajstić information content (AvgIpc) is 2.42. The van der Waals surface area contributed by atoms with Crippen LogP contribution < -0.4 is 5.32 Å². The van der Waals surface area contributed by atoms with E-state index in [1.54, 1.807) is 0 Å². The monoisotopic (exact) mass is 258 g/mol. The van der Waals surface area contributed by atoms with Gasteiger partial charge in [0.05, 0.1) is 19.3 Å². The van der Waals surface area contributed by atoms with E-state index in [0.717, 1.165) is 58.8 Å². The van der Waals surface area contributed by atoms with Gasteiger partial charge in [0.1, 0.15) is 0 Å². The molecule has 0 saturated carbocycles. The SMILES string of the molecule is CCC(C)OCCCNCCCN1CCOCC1. The fourth-order valence-corrected chi connectivity index (χ4v) is 1.98. The Labute approximate surface area is 112 Å². The summed E-state index contributed by atoms with van der Waals surface area (Å²) in [6, 6.07) is 0. The number of nitrogens with one attached hydrogen (secondary N) is 1. The summed E-state index contributed by atoms with van der Waals surface area (Å²) < 4.78 is 11.0. The molecule has 4 nitrogen and oxygen atoms in total. The number of ether oxygens (including phenoxy) is 2. The van der Waals surface area contributed by atoms with Gasteiger partial charge >= 0.3 is 0 Å². The van der Waals surface area contributed by atoms with Crippen molar-refractivity contribution in [2.75, 3.05) is 52.5 Å². The molecule has 1 atom stereocenters. The Bertz CT molecular complexity index is 185. The topological polar surface area (TPSA) is 33.7 Å². The smallest absolute Gasteiger partial charge is 0.0594 e. The maximum atomic E-state index is 5.63. The molecular formula is C14H30N2O2. The zero-order chi connectivity index (χ0) is 13.1. The standard InChI is InChI=1S/C14H30N2O2/c1-3-14(2)18-11-5-7-15-6-4-8-16-9-12-17-13-10-16/h14-15H,3-13H2,1-2H3. The molecule has 0 spiro atoms. The zero-order valence-corrected chi connectivity index (χ0v) is 12.1. The van der Waals surface area contributed by atoms with Crippen LogP contribution in [0, 0.1) is 0 Å². The fourth-order valence-electron chi connectivity index (χ4n) is 1.98. The van der Waals surface area contributed by atoms with Crippen LogP contribution >= 0.6 is 0 Å². The first kappa shape index (κ1) is 15.9. The summed E-state index contributed by atoms with van der Waals surface area (Å²) in [5.41, 5.74) is 0. The Balaban J connectivity index is 1.78. The first-order valence-electron chi connectivity index (χ1n) is 7.45. The minimum atomic E-state index is 0.409. The third kappa shape index (κ3) is 8.03. The van der Waals surface area contributed by atoms with Crippen molar-refractivity contribution in [1.29, 1.82) is 0 Å². The number of hydrogen-bond acceptors (Lipinski definition) is 4. The van der Waals surface area contributed by atoms with Crippen LogP contribution in [0.15, 0.2) is 0 Å². The molecule has 1 N–H and O–H groups in total. The summed E-state index contributed by atoms with van der Waals surface area (Å²) >= 11 is 0. The molecule has 1 rings (SSSR count). The molecule has 0 aliphatic carbocycles. The summed E-state index contributed by atoms with van der Waals surface area (Å²) in [6.45, 7) is 12.6. The van der Waals surface area contributed by atoms with Gasteiger partial charge in [-0.2, -0.15) is 0 Å². The lowest BCUT2D eigenvalue weighted by atomic mass is 10.3. The van der Waals surface area contributed by atoms with Gasteiger partial charge in [0.25, 0.3) is 0 Å². The molecule has 4 heteroatoms. The molecule has 108 valence electrons. The number of rotatable bonds is 10. The van der Waals surface area contributed by atoms with Gasteiger partial charge < -0.3 is 14.8 Å². The van der Waals surface area contributed by atoms with Crippen LogP contribution in [-0.4, -0.2) is 63.5 Å². The van der Waals surface area contributed by atoms with Crippen molar-refractivity contribution in [3.63, 3.8) is 0 Å². The van der Waals surface area contributed by atoms with Crippen LogP contribution in [0.4, 0.5) is 0 Å². The summed E-state index contributed by atoms with van der Waals surface area (Å²) in [6.07, 6.45) is 3.85. The van der Waals surface area contributed by atoms with Crippen molar-refractivity contribution >= 4 is 0 Å². The van der Waals surface area contributed by atoms with Crippen LogP contribution in [0.3, 0.4) is 0 Å². The van der Waals surface area contributed by atoms with E-state index >= 15 is 0 Å². The quantitative estimate of drug-likeness (QED) is 0.602. The predicted molar refractivity (Wildman–Crippen MR) is 75.1 cm³/mol. The first-order valence-corrected chi connectivity index (χ1v) is 7.45. The molecule has 1 saturated heterocycles. The van der Waals surface area contributed by atoms with E-state index in [4.69, 9.17) is 9.47 Å². The van der Waals surface area contributed by atoms with Gasteiger partial charge in [0.2, 0.25) is 0 Å². The Hall–Kier alpha value is -0.160. The molecule has 0 amide bonds. The van der Waals surface area contributed by atoms with E-state index in [2.05, 4.69) is 24.1 Å². The third-order valence-corrected chi connectivity index (χ3v) is 3.41.